The molecule has 2 fully saturated rings. The predicted molar refractivity (Wildman–Crippen MR) is 103 cm³/mol. The third-order valence-electron chi connectivity index (χ3n) is 5.72. The Labute approximate surface area is 171 Å². The van der Waals surface area contributed by atoms with Crippen molar-refractivity contribution in [2.24, 2.45) is 11.8 Å². The molecule has 1 aromatic heterocycles. The lowest BCUT2D eigenvalue weighted by atomic mass is 9.93. The highest BCUT2D eigenvalue weighted by molar-refractivity contribution is 7.89. The second kappa shape index (κ2) is 8.83. The van der Waals surface area contributed by atoms with E-state index in [0.717, 1.165) is 12.8 Å². The summed E-state index contributed by atoms with van der Waals surface area (Å²) in [5.41, 5.74) is 0.346. The molecule has 1 aromatic rings. The second-order valence-corrected chi connectivity index (χ2v) is 9.58. The minimum Gasteiger partial charge on any atom is -0.466 e. The Hall–Kier alpha value is -1.94. The summed E-state index contributed by atoms with van der Waals surface area (Å²) in [6.07, 6.45) is 2.43. The lowest BCUT2D eigenvalue weighted by Gasteiger charge is -2.36. The summed E-state index contributed by atoms with van der Waals surface area (Å²) in [6.45, 7) is 6.86. The van der Waals surface area contributed by atoms with Gasteiger partial charge in [-0.05, 0) is 46.5 Å². The number of carbonyl (C=O) groups excluding carboxylic acids is 2. The number of aryl methyl sites for hydroxylation is 2. The van der Waals surface area contributed by atoms with Crippen LogP contribution >= 0.6 is 0 Å². The Bertz CT molecular complexity index is 838. The number of aromatic nitrogens is 1. The molecule has 0 aromatic carbocycles. The zero-order valence-corrected chi connectivity index (χ0v) is 18.0. The maximum Gasteiger partial charge on any atom is 0.310 e. The molecule has 2 saturated heterocycles. The molecule has 0 bridgehead atoms. The van der Waals surface area contributed by atoms with Gasteiger partial charge in [0.25, 0.3) is 0 Å². The van der Waals surface area contributed by atoms with Crippen molar-refractivity contribution in [3.05, 3.63) is 11.5 Å². The predicted octanol–water partition coefficient (Wildman–Crippen LogP) is 1.49. The Balaban J connectivity index is 1.60. The number of hydrogen-bond donors (Lipinski definition) is 0. The molecule has 0 N–H and O–H groups in total. The number of sulfonamides is 1. The molecule has 0 aliphatic carbocycles. The minimum absolute atomic E-state index is 0.00776. The Kier molecular flexibility index (Phi) is 6.62. The molecule has 162 valence electrons. The standard InChI is InChI=1S/C19H29N3O6S/c1-4-27-19(24)16-6-5-9-21(12-16)18(23)15-7-10-22(11-8-15)29(25,26)17-13(2)20-28-14(17)3/h15-16H,4-12H2,1-3H3/t16-/m1/s1. The summed E-state index contributed by atoms with van der Waals surface area (Å²) in [6, 6.07) is 0. The fraction of sp³-hybridized carbons (Fsp3) is 0.737. The van der Waals surface area contributed by atoms with Gasteiger partial charge in [-0.15, -0.1) is 0 Å². The molecule has 1 amide bonds. The van der Waals surface area contributed by atoms with Crippen molar-refractivity contribution in [3.8, 4) is 0 Å². The lowest BCUT2D eigenvalue weighted by molar-refractivity contribution is -0.152. The molecule has 0 saturated carbocycles. The maximum atomic E-state index is 13.0. The molecule has 10 heteroatoms. The van der Waals surface area contributed by atoms with Gasteiger partial charge in [-0.25, -0.2) is 8.42 Å². The summed E-state index contributed by atoms with van der Waals surface area (Å²) in [4.78, 5) is 26.8. The van der Waals surface area contributed by atoms with E-state index in [-0.39, 0.29) is 47.5 Å². The van der Waals surface area contributed by atoms with E-state index in [1.165, 1.54) is 4.31 Å². The third kappa shape index (κ3) is 4.48. The number of piperidine rings is 2. The number of hydrogen-bond acceptors (Lipinski definition) is 7. The van der Waals surface area contributed by atoms with Crippen LogP contribution in [0.1, 0.15) is 44.1 Å². The van der Waals surface area contributed by atoms with E-state index in [1.807, 2.05) is 0 Å². The summed E-state index contributed by atoms with van der Waals surface area (Å²) in [7, 11) is -3.69. The molecule has 2 aliphatic rings. The van der Waals surface area contributed by atoms with E-state index in [2.05, 4.69) is 5.16 Å². The first-order valence-corrected chi connectivity index (χ1v) is 11.6. The molecular weight excluding hydrogens is 398 g/mol. The largest absolute Gasteiger partial charge is 0.466 e. The van der Waals surface area contributed by atoms with Crippen LogP contribution < -0.4 is 0 Å². The van der Waals surface area contributed by atoms with Gasteiger partial charge in [0.15, 0.2) is 5.76 Å². The van der Waals surface area contributed by atoms with Gasteiger partial charge < -0.3 is 14.2 Å². The van der Waals surface area contributed by atoms with E-state index in [4.69, 9.17) is 9.26 Å². The van der Waals surface area contributed by atoms with Gasteiger partial charge in [0.1, 0.15) is 10.6 Å². The highest BCUT2D eigenvalue weighted by atomic mass is 32.2. The summed E-state index contributed by atoms with van der Waals surface area (Å²) in [5, 5.41) is 3.74. The zero-order valence-electron chi connectivity index (χ0n) is 17.2. The first kappa shape index (κ1) is 21.8. The fourth-order valence-corrected chi connectivity index (χ4v) is 5.96. The van der Waals surface area contributed by atoms with E-state index in [1.54, 1.807) is 25.7 Å². The molecular formula is C19H29N3O6S. The van der Waals surface area contributed by atoms with Gasteiger partial charge in [-0.3, -0.25) is 9.59 Å². The van der Waals surface area contributed by atoms with Gasteiger partial charge in [0.2, 0.25) is 15.9 Å². The fourth-order valence-electron chi connectivity index (χ4n) is 4.20. The van der Waals surface area contributed by atoms with E-state index < -0.39 is 10.0 Å². The molecule has 29 heavy (non-hydrogen) atoms. The van der Waals surface area contributed by atoms with E-state index in [0.29, 0.717) is 38.2 Å². The monoisotopic (exact) mass is 427 g/mol. The smallest absolute Gasteiger partial charge is 0.310 e. The summed E-state index contributed by atoms with van der Waals surface area (Å²) in [5.74, 6) is -0.461. The van der Waals surface area contributed by atoms with Gasteiger partial charge >= 0.3 is 5.97 Å². The SMILES string of the molecule is CCOC(=O)[C@@H]1CCCN(C(=O)C2CCN(S(=O)(=O)c3c(C)noc3C)CC2)C1. The normalized spacial score (nSPS) is 21.9. The van der Waals surface area contributed by atoms with Crippen LogP contribution in [0.2, 0.25) is 0 Å². The quantitative estimate of drug-likeness (QED) is 0.655. The molecule has 0 spiro atoms. The van der Waals surface area contributed by atoms with Crippen molar-refractivity contribution in [3.63, 3.8) is 0 Å². The third-order valence-corrected chi connectivity index (χ3v) is 7.87. The van der Waals surface area contributed by atoms with E-state index in [9.17, 15) is 18.0 Å². The molecule has 3 heterocycles. The van der Waals surface area contributed by atoms with Crippen molar-refractivity contribution >= 4 is 21.9 Å². The second-order valence-electron chi connectivity index (χ2n) is 7.71. The number of amides is 1. The first-order valence-electron chi connectivity index (χ1n) is 10.1. The van der Waals surface area contributed by atoms with Gasteiger partial charge in [-0.2, -0.15) is 4.31 Å². The van der Waals surface area contributed by atoms with Gasteiger partial charge in [0.05, 0.1) is 12.5 Å². The molecule has 0 unspecified atom stereocenters. The molecule has 0 radical (unpaired) electrons. The minimum atomic E-state index is -3.69. The number of nitrogens with zero attached hydrogens (tertiary/aromatic N) is 3. The van der Waals surface area contributed by atoms with Crippen LogP contribution in [-0.2, 0) is 24.3 Å². The van der Waals surface area contributed by atoms with Crippen molar-refractivity contribution in [1.29, 1.82) is 0 Å². The Morgan fingerprint density at radius 3 is 2.41 bits per heavy atom. The Morgan fingerprint density at radius 1 is 1.14 bits per heavy atom. The van der Waals surface area contributed by atoms with Gasteiger partial charge in [0, 0.05) is 32.1 Å². The van der Waals surface area contributed by atoms with Crippen LogP contribution in [0.15, 0.2) is 9.42 Å². The number of likely N-dealkylation sites (tertiary alicyclic amines) is 1. The van der Waals surface area contributed by atoms with Gasteiger partial charge in [-0.1, -0.05) is 5.16 Å². The van der Waals surface area contributed by atoms with Crippen molar-refractivity contribution in [2.75, 3.05) is 32.8 Å². The lowest BCUT2D eigenvalue weighted by Crippen LogP contribution is -2.48. The average molecular weight is 428 g/mol. The van der Waals surface area contributed by atoms with Crippen molar-refractivity contribution in [1.82, 2.24) is 14.4 Å². The van der Waals surface area contributed by atoms with Crippen molar-refractivity contribution in [2.45, 2.75) is 51.3 Å². The highest BCUT2D eigenvalue weighted by Crippen LogP contribution is 2.29. The highest BCUT2D eigenvalue weighted by Gasteiger charge is 2.38. The number of rotatable bonds is 5. The van der Waals surface area contributed by atoms with E-state index >= 15 is 0 Å². The number of esters is 1. The average Bonchev–Trinajstić information content (AvgIpc) is 3.06. The van der Waals surface area contributed by atoms with Crippen LogP contribution in [0.4, 0.5) is 0 Å². The molecule has 9 nitrogen and oxygen atoms in total. The summed E-state index contributed by atoms with van der Waals surface area (Å²) >= 11 is 0. The van der Waals surface area contributed by atoms with Crippen LogP contribution in [0.3, 0.4) is 0 Å². The summed E-state index contributed by atoms with van der Waals surface area (Å²) < 4.78 is 37.4. The molecule has 1 atom stereocenters. The van der Waals surface area contributed by atoms with Crippen LogP contribution in [0.5, 0.6) is 0 Å². The number of ether oxygens (including phenoxy) is 1. The Morgan fingerprint density at radius 2 is 1.83 bits per heavy atom. The molecule has 3 rings (SSSR count). The van der Waals surface area contributed by atoms with Crippen LogP contribution in [0.25, 0.3) is 0 Å². The molecule has 2 aliphatic heterocycles. The zero-order chi connectivity index (χ0) is 21.2. The first-order chi connectivity index (χ1) is 13.8. The van der Waals surface area contributed by atoms with Crippen LogP contribution in [-0.4, -0.2) is 67.4 Å². The van der Waals surface area contributed by atoms with Crippen molar-refractivity contribution < 1.29 is 27.3 Å². The number of carbonyl (C=O) groups is 2. The maximum absolute atomic E-state index is 13.0. The van der Waals surface area contributed by atoms with Crippen LogP contribution in [0, 0.1) is 25.7 Å². The topological polar surface area (TPSA) is 110 Å².